The molecular formula is C19H18N4OS. The number of carbonyl (C=O) groups excluding carboxylic acids is 1. The van der Waals surface area contributed by atoms with Gasteiger partial charge in [-0.2, -0.15) is 5.26 Å². The van der Waals surface area contributed by atoms with Crippen LogP contribution in [0.3, 0.4) is 0 Å². The number of ketones is 1. The van der Waals surface area contributed by atoms with E-state index < -0.39 is 0 Å². The summed E-state index contributed by atoms with van der Waals surface area (Å²) in [6.07, 6.45) is 5.54. The molecule has 0 bridgehead atoms. The quantitative estimate of drug-likeness (QED) is 0.520. The number of nitriles is 1. The molecule has 1 heterocycles. The minimum absolute atomic E-state index is 0.0638. The minimum atomic E-state index is -0.0638. The van der Waals surface area contributed by atoms with Gasteiger partial charge in [0.05, 0.1) is 11.6 Å². The van der Waals surface area contributed by atoms with Gasteiger partial charge >= 0.3 is 0 Å². The Labute approximate surface area is 151 Å². The number of aryl methyl sites for hydroxylation is 1. The number of benzene rings is 1. The largest absolute Gasteiger partial charge is 0.379 e. The van der Waals surface area contributed by atoms with E-state index >= 15 is 0 Å². The SMILES string of the molecule is CSC(N)=NC1CCc2ccc(CC(=O)c3ccc(C#N)cn3)cc21. The normalized spacial score (nSPS) is 16.3. The van der Waals surface area contributed by atoms with E-state index in [1.807, 2.05) is 18.4 Å². The smallest absolute Gasteiger partial charge is 0.185 e. The number of hydrogen-bond acceptors (Lipinski definition) is 5. The Balaban J connectivity index is 1.79. The van der Waals surface area contributed by atoms with E-state index in [0.29, 0.717) is 16.4 Å². The molecule has 1 aliphatic rings. The second-order valence-electron chi connectivity index (χ2n) is 5.90. The summed E-state index contributed by atoms with van der Waals surface area (Å²) in [7, 11) is 0. The molecule has 126 valence electrons. The Morgan fingerprint density at radius 2 is 2.28 bits per heavy atom. The van der Waals surface area contributed by atoms with Crippen LogP contribution in [0.25, 0.3) is 0 Å². The zero-order valence-corrected chi connectivity index (χ0v) is 14.7. The van der Waals surface area contributed by atoms with Gasteiger partial charge in [-0.1, -0.05) is 30.0 Å². The maximum absolute atomic E-state index is 12.4. The molecule has 0 spiro atoms. The van der Waals surface area contributed by atoms with Crippen LogP contribution in [0, 0.1) is 11.3 Å². The third kappa shape index (κ3) is 3.89. The number of nitrogens with two attached hydrogens (primary N) is 1. The van der Waals surface area contributed by atoms with Gasteiger partial charge < -0.3 is 5.73 Å². The Morgan fingerprint density at radius 1 is 1.44 bits per heavy atom. The highest BCUT2D eigenvalue weighted by Gasteiger charge is 2.23. The first-order valence-corrected chi connectivity index (χ1v) is 9.21. The molecule has 6 heteroatoms. The van der Waals surface area contributed by atoms with Crippen molar-refractivity contribution in [3.8, 4) is 6.07 Å². The lowest BCUT2D eigenvalue weighted by Gasteiger charge is -2.09. The molecule has 0 radical (unpaired) electrons. The van der Waals surface area contributed by atoms with Crippen LogP contribution in [0.15, 0.2) is 41.5 Å². The van der Waals surface area contributed by atoms with Crippen molar-refractivity contribution in [3.05, 3.63) is 64.5 Å². The molecule has 25 heavy (non-hydrogen) atoms. The van der Waals surface area contributed by atoms with E-state index in [-0.39, 0.29) is 18.2 Å². The van der Waals surface area contributed by atoms with E-state index in [1.54, 1.807) is 12.1 Å². The monoisotopic (exact) mass is 350 g/mol. The van der Waals surface area contributed by atoms with Crippen LogP contribution in [0.1, 0.15) is 45.2 Å². The van der Waals surface area contributed by atoms with Gasteiger partial charge in [0.2, 0.25) is 0 Å². The van der Waals surface area contributed by atoms with Crippen LogP contribution < -0.4 is 5.73 Å². The first-order chi connectivity index (χ1) is 12.1. The van der Waals surface area contributed by atoms with E-state index in [2.05, 4.69) is 22.1 Å². The second kappa shape index (κ2) is 7.49. The highest BCUT2D eigenvalue weighted by atomic mass is 32.2. The summed E-state index contributed by atoms with van der Waals surface area (Å²) in [6, 6.07) is 11.4. The van der Waals surface area contributed by atoms with Crippen LogP contribution in [0.2, 0.25) is 0 Å². The minimum Gasteiger partial charge on any atom is -0.379 e. The molecule has 1 aromatic carbocycles. The number of carbonyl (C=O) groups is 1. The molecule has 1 aromatic heterocycles. The van der Waals surface area contributed by atoms with Gasteiger partial charge in [-0.3, -0.25) is 14.8 Å². The van der Waals surface area contributed by atoms with Crippen LogP contribution in [-0.4, -0.2) is 22.2 Å². The highest BCUT2D eigenvalue weighted by molar-refractivity contribution is 8.13. The van der Waals surface area contributed by atoms with Crippen molar-refractivity contribution in [2.75, 3.05) is 6.26 Å². The molecule has 2 aromatic rings. The van der Waals surface area contributed by atoms with Gasteiger partial charge in [0.1, 0.15) is 11.8 Å². The van der Waals surface area contributed by atoms with Crippen LogP contribution >= 0.6 is 11.8 Å². The number of Topliss-reactive ketones (excluding diaryl/α,β-unsaturated/α-hetero) is 1. The molecule has 0 saturated heterocycles. The Kier molecular flexibility index (Phi) is 5.15. The fourth-order valence-electron chi connectivity index (χ4n) is 2.98. The molecule has 0 amide bonds. The molecule has 1 aliphatic carbocycles. The summed E-state index contributed by atoms with van der Waals surface area (Å²) < 4.78 is 0. The third-order valence-electron chi connectivity index (χ3n) is 4.29. The average Bonchev–Trinajstić information content (AvgIpc) is 3.03. The lowest BCUT2D eigenvalue weighted by molar-refractivity contribution is 0.0988. The first-order valence-electron chi connectivity index (χ1n) is 7.99. The number of aromatic nitrogens is 1. The summed E-state index contributed by atoms with van der Waals surface area (Å²) in [5.41, 5.74) is 10.1. The number of amidine groups is 1. The van der Waals surface area contributed by atoms with Crippen molar-refractivity contribution < 1.29 is 4.79 Å². The van der Waals surface area contributed by atoms with Crippen molar-refractivity contribution in [1.29, 1.82) is 5.26 Å². The predicted molar refractivity (Wildman–Crippen MR) is 99.6 cm³/mol. The second-order valence-corrected chi connectivity index (χ2v) is 6.73. The maximum atomic E-state index is 12.4. The summed E-state index contributed by atoms with van der Waals surface area (Å²) in [4.78, 5) is 21.1. The Morgan fingerprint density at radius 3 is 2.96 bits per heavy atom. The number of aliphatic imine (C=N–C) groups is 1. The predicted octanol–water partition coefficient (Wildman–Crippen LogP) is 3.04. The Hall–Kier alpha value is -2.65. The van der Waals surface area contributed by atoms with Gasteiger partial charge in [0.25, 0.3) is 0 Å². The van der Waals surface area contributed by atoms with Crippen molar-refractivity contribution in [3.63, 3.8) is 0 Å². The number of rotatable bonds is 4. The fraction of sp³-hybridized carbons (Fsp3) is 0.263. The molecule has 1 atom stereocenters. The van der Waals surface area contributed by atoms with Gasteiger partial charge in [0, 0.05) is 12.6 Å². The zero-order chi connectivity index (χ0) is 17.8. The molecule has 5 nitrogen and oxygen atoms in total. The maximum Gasteiger partial charge on any atom is 0.185 e. The van der Waals surface area contributed by atoms with Gasteiger partial charge in [0.15, 0.2) is 11.0 Å². The summed E-state index contributed by atoms with van der Waals surface area (Å²) >= 11 is 1.44. The van der Waals surface area contributed by atoms with E-state index in [1.165, 1.54) is 23.5 Å². The van der Waals surface area contributed by atoms with Crippen molar-refractivity contribution in [2.24, 2.45) is 10.7 Å². The highest BCUT2D eigenvalue weighted by Crippen LogP contribution is 2.35. The standard InChI is InChI=1S/C19H18N4OS/c1-25-19(21)23-16-7-5-14-4-2-12(8-15(14)16)9-18(24)17-6-3-13(10-20)11-22-17/h2-4,6,8,11,16H,5,7,9H2,1H3,(H2,21,23). The third-order valence-corrected chi connectivity index (χ3v) is 4.82. The average molecular weight is 350 g/mol. The number of hydrogen-bond donors (Lipinski definition) is 1. The van der Waals surface area contributed by atoms with Crippen molar-refractivity contribution in [2.45, 2.75) is 25.3 Å². The number of thioether (sulfide) groups is 1. The molecule has 0 fully saturated rings. The topological polar surface area (TPSA) is 92.1 Å². The van der Waals surface area contributed by atoms with Crippen molar-refractivity contribution >= 4 is 22.7 Å². The van der Waals surface area contributed by atoms with Crippen LogP contribution in [-0.2, 0) is 12.8 Å². The van der Waals surface area contributed by atoms with Crippen LogP contribution in [0.5, 0.6) is 0 Å². The molecule has 3 rings (SSSR count). The summed E-state index contributed by atoms with van der Waals surface area (Å²) in [5.74, 6) is -0.0638. The van der Waals surface area contributed by atoms with E-state index in [9.17, 15) is 4.79 Å². The van der Waals surface area contributed by atoms with E-state index in [4.69, 9.17) is 11.0 Å². The molecule has 2 N–H and O–H groups in total. The molecule has 0 saturated carbocycles. The molecule has 0 aliphatic heterocycles. The van der Waals surface area contributed by atoms with Gasteiger partial charge in [-0.15, -0.1) is 0 Å². The van der Waals surface area contributed by atoms with E-state index in [0.717, 1.165) is 24.0 Å². The van der Waals surface area contributed by atoms with Gasteiger partial charge in [-0.05, 0) is 47.9 Å². The van der Waals surface area contributed by atoms with Crippen molar-refractivity contribution in [1.82, 2.24) is 4.98 Å². The summed E-state index contributed by atoms with van der Waals surface area (Å²) in [6.45, 7) is 0. The summed E-state index contributed by atoms with van der Waals surface area (Å²) in [5, 5.41) is 9.39. The fourth-order valence-corrected chi connectivity index (χ4v) is 3.21. The molecular weight excluding hydrogens is 332 g/mol. The number of fused-ring (bicyclic) bond motifs is 1. The lowest BCUT2D eigenvalue weighted by atomic mass is 10.00. The number of nitrogens with zero attached hydrogens (tertiary/aromatic N) is 3. The Bertz CT molecular complexity index is 868. The van der Waals surface area contributed by atoms with Crippen LogP contribution in [0.4, 0.5) is 0 Å². The number of pyridine rings is 1. The molecule has 1 unspecified atom stereocenters. The van der Waals surface area contributed by atoms with Gasteiger partial charge in [-0.25, -0.2) is 0 Å². The lowest BCUT2D eigenvalue weighted by Crippen LogP contribution is -2.08. The zero-order valence-electron chi connectivity index (χ0n) is 13.9. The first kappa shape index (κ1) is 17.2.